The van der Waals surface area contributed by atoms with E-state index in [2.05, 4.69) is 10.3 Å². The SMILES string of the molecule is COC(=O)Cc1sc(NC(=O)C23CC4CC(CC(C4)C2)C3)nc1C. The zero-order valence-electron chi connectivity index (χ0n) is 14.3. The third-order valence-corrected chi connectivity index (χ3v) is 7.24. The summed E-state index contributed by atoms with van der Waals surface area (Å²) in [7, 11) is 1.38. The first kappa shape index (κ1) is 16.1. The molecule has 0 aliphatic heterocycles. The summed E-state index contributed by atoms with van der Waals surface area (Å²) in [6, 6.07) is 0. The Morgan fingerprint density at radius 2 is 1.79 bits per heavy atom. The smallest absolute Gasteiger partial charge is 0.310 e. The molecule has 4 saturated carbocycles. The van der Waals surface area contributed by atoms with Gasteiger partial charge in [0.05, 0.1) is 24.6 Å². The summed E-state index contributed by atoms with van der Waals surface area (Å²) >= 11 is 1.39. The van der Waals surface area contributed by atoms with E-state index < -0.39 is 0 Å². The van der Waals surface area contributed by atoms with Gasteiger partial charge in [-0.15, -0.1) is 11.3 Å². The summed E-state index contributed by atoms with van der Waals surface area (Å²) in [5.41, 5.74) is 0.628. The molecule has 1 aromatic rings. The highest BCUT2D eigenvalue weighted by molar-refractivity contribution is 7.16. The van der Waals surface area contributed by atoms with Gasteiger partial charge in [0.2, 0.25) is 5.91 Å². The summed E-state index contributed by atoms with van der Waals surface area (Å²) in [4.78, 5) is 29.8. The number of amides is 1. The highest BCUT2D eigenvalue weighted by atomic mass is 32.1. The fourth-order valence-electron chi connectivity index (χ4n) is 5.47. The molecule has 0 saturated heterocycles. The standard InChI is InChI=1S/C18H24N2O3S/c1-10-14(6-15(21)23-2)24-17(19-10)20-16(22)18-7-11-3-12(8-18)5-13(4-11)9-18/h11-13H,3-9H2,1-2H3,(H,19,20,22). The largest absolute Gasteiger partial charge is 0.469 e. The van der Waals surface area contributed by atoms with E-state index in [1.165, 1.54) is 37.7 Å². The van der Waals surface area contributed by atoms with E-state index in [0.717, 1.165) is 47.6 Å². The van der Waals surface area contributed by atoms with E-state index in [1.807, 2.05) is 6.92 Å². The molecule has 5 rings (SSSR count). The normalized spacial score (nSPS) is 33.5. The second kappa shape index (κ2) is 5.83. The number of anilines is 1. The number of methoxy groups -OCH3 is 1. The first-order valence-electron chi connectivity index (χ1n) is 8.82. The number of nitrogens with one attached hydrogen (secondary N) is 1. The second-order valence-electron chi connectivity index (χ2n) is 7.93. The maximum atomic E-state index is 13.0. The van der Waals surface area contributed by atoms with E-state index >= 15 is 0 Å². The Morgan fingerprint density at radius 3 is 2.33 bits per heavy atom. The van der Waals surface area contributed by atoms with Crippen LogP contribution in [0.4, 0.5) is 5.13 Å². The Kier molecular flexibility index (Phi) is 3.90. The van der Waals surface area contributed by atoms with Crippen LogP contribution in [-0.4, -0.2) is 24.0 Å². The number of hydrogen-bond donors (Lipinski definition) is 1. The average molecular weight is 348 g/mol. The molecule has 1 heterocycles. The lowest BCUT2D eigenvalue weighted by molar-refractivity contribution is -0.140. The average Bonchev–Trinajstić information content (AvgIpc) is 2.85. The van der Waals surface area contributed by atoms with Crippen LogP contribution in [0.25, 0.3) is 0 Å². The summed E-state index contributed by atoms with van der Waals surface area (Å²) in [5, 5.41) is 3.69. The third-order valence-electron chi connectivity index (χ3n) is 6.17. The highest BCUT2D eigenvalue weighted by Crippen LogP contribution is 2.60. The fraction of sp³-hybridized carbons (Fsp3) is 0.722. The zero-order valence-corrected chi connectivity index (χ0v) is 15.1. The lowest BCUT2D eigenvalue weighted by Gasteiger charge is -2.55. The molecule has 4 aliphatic carbocycles. The Bertz CT molecular complexity index is 647. The van der Waals surface area contributed by atoms with Crippen molar-refractivity contribution in [2.24, 2.45) is 23.2 Å². The van der Waals surface area contributed by atoms with Gasteiger partial charge in [0.25, 0.3) is 0 Å². The number of aryl methyl sites for hydroxylation is 1. The Balaban J connectivity index is 1.48. The summed E-state index contributed by atoms with van der Waals surface area (Å²) < 4.78 is 4.72. The van der Waals surface area contributed by atoms with Gasteiger partial charge in [0.15, 0.2) is 5.13 Å². The Labute approximate surface area is 146 Å². The van der Waals surface area contributed by atoms with Crippen LogP contribution < -0.4 is 5.32 Å². The van der Waals surface area contributed by atoms with Crippen molar-refractivity contribution < 1.29 is 14.3 Å². The van der Waals surface area contributed by atoms with Crippen LogP contribution >= 0.6 is 11.3 Å². The quantitative estimate of drug-likeness (QED) is 0.848. The molecule has 0 spiro atoms. The summed E-state index contributed by atoms with van der Waals surface area (Å²) in [6.45, 7) is 1.87. The van der Waals surface area contributed by atoms with Crippen molar-refractivity contribution >= 4 is 28.3 Å². The van der Waals surface area contributed by atoms with Gasteiger partial charge in [-0.3, -0.25) is 9.59 Å². The second-order valence-corrected chi connectivity index (χ2v) is 9.02. The van der Waals surface area contributed by atoms with E-state index in [1.54, 1.807) is 0 Å². The molecular formula is C18H24N2O3S. The van der Waals surface area contributed by atoms with Crippen LogP contribution in [-0.2, 0) is 20.7 Å². The number of ether oxygens (including phenoxy) is 1. The first-order valence-corrected chi connectivity index (χ1v) is 9.63. The molecule has 5 nitrogen and oxygen atoms in total. The molecule has 1 amide bonds. The monoisotopic (exact) mass is 348 g/mol. The molecule has 130 valence electrons. The number of thiazole rings is 1. The maximum Gasteiger partial charge on any atom is 0.310 e. The molecular weight excluding hydrogens is 324 g/mol. The maximum absolute atomic E-state index is 13.0. The Morgan fingerprint density at radius 1 is 1.21 bits per heavy atom. The molecule has 0 aromatic carbocycles. The van der Waals surface area contributed by atoms with Gasteiger partial charge >= 0.3 is 5.97 Å². The number of aromatic nitrogens is 1. The first-order chi connectivity index (χ1) is 11.5. The van der Waals surface area contributed by atoms with Gasteiger partial charge < -0.3 is 10.1 Å². The van der Waals surface area contributed by atoms with E-state index in [-0.39, 0.29) is 23.7 Å². The van der Waals surface area contributed by atoms with Crippen molar-refractivity contribution in [1.29, 1.82) is 0 Å². The van der Waals surface area contributed by atoms with Gasteiger partial charge in [-0.25, -0.2) is 4.98 Å². The minimum Gasteiger partial charge on any atom is -0.469 e. The number of esters is 1. The van der Waals surface area contributed by atoms with Gasteiger partial charge in [-0.2, -0.15) is 0 Å². The summed E-state index contributed by atoms with van der Waals surface area (Å²) in [5.74, 6) is 2.11. The van der Waals surface area contributed by atoms with Crippen molar-refractivity contribution in [3.05, 3.63) is 10.6 Å². The van der Waals surface area contributed by atoms with Crippen LogP contribution in [0.15, 0.2) is 0 Å². The van der Waals surface area contributed by atoms with Crippen molar-refractivity contribution in [2.45, 2.75) is 51.9 Å². The lowest BCUT2D eigenvalue weighted by Crippen LogP contribution is -2.51. The Hall–Kier alpha value is -1.43. The van der Waals surface area contributed by atoms with Crippen LogP contribution in [0.2, 0.25) is 0 Å². The molecule has 4 bridgehead atoms. The minimum atomic E-state index is -0.277. The predicted octanol–water partition coefficient (Wildman–Crippen LogP) is 3.32. The highest BCUT2D eigenvalue weighted by Gasteiger charge is 2.54. The number of nitrogens with zero attached hydrogens (tertiary/aromatic N) is 1. The number of rotatable bonds is 4. The molecule has 0 radical (unpaired) electrons. The minimum absolute atomic E-state index is 0.153. The summed E-state index contributed by atoms with van der Waals surface area (Å²) in [6.07, 6.45) is 7.33. The van der Waals surface area contributed by atoms with E-state index in [4.69, 9.17) is 4.74 Å². The van der Waals surface area contributed by atoms with E-state index in [0.29, 0.717) is 5.13 Å². The molecule has 1 N–H and O–H groups in total. The van der Waals surface area contributed by atoms with Gasteiger partial charge in [-0.1, -0.05) is 0 Å². The van der Waals surface area contributed by atoms with Crippen LogP contribution in [0.3, 0.4) is 0 Å². The van der Waals surface area contributed by atoms with Crippen molar-refractivity contribution in [3.8, 4) is 0 Å². The molecule has 4 fully saturated rings. The molecule has 24 heavy (non-hydrogen) atoms. The topological polar surface area (TPSA) is 68.3 Å². The molecule has 0 unspecified atom stereocenters. The van der Waals surface area contributed by atoms with E-state index in [9.17, 15) is 9.59 Å². The zero-order chi connectivity index (χ0) is 16.9. The van der Waals surface area contributed by atoms with Crippen molar-refractivity contribution in [1.82, 2.24) is 4.98 Å². The fourth-order valence-corrected chi connectivity index (χ4v) is 6.41. The molecule has 4 aliphatic rings. The number of hydrogen-bond acceptors (Lipinski definition) is 5. The van der Waals surface area contributed by atoms with Crippen LogP contribution in [0, 0.1) is 30.1 Å². The third kappa shape index (κ3) is 2.75. The van der Waals surface area contributed by atoms with Gasteiger partial charge in [0.1, 0.15) is 0 Å². The number of carbonyl (C=O) groups is 2. The van der Waals surface area contributed by atoms with Crippen molar-refractivity contribution in [2.75, 3.05) is 12.4 Å². The molecule has 6 heteroatoms. The van der Waals surface area contributed by atoms with Crippen molar-refractivity contribution in [3.63, 3.8) is 0 Å². The van der Waals surface area contributed by atoms with Gasteiger partial charge in [0, 0.05) is 4.88 Å². The number of carbonyl (C=O) groups excluding carboxylic acids is 2. The van der Waals surface area contributed by atoms with Gasteiger partial charge in [-0.05, 0) is 63.2 Å². The van der Waals surface area contributed by atoms with Crippen LogP contribution in [0.5, 0.6) is 0 Å². The molecule has 1 aromatic heterocycles. The predicted molar refractivity (Wildman–Crippen MR) is 91.8 cm³/mol. The lowest BCUT2D eigenvalue weighted by atomic mass is 9.49. The van der Waals surface area contributed by atoms with Crippen LogP contribution in [0.1, 0.15) is 49.1 Å². The molecule has 0 atom stereocenters.